The molecule has 4 rings (SSSR count). The van der Waals surface area contributed by atoms with Gasteiger partial charge in [0, 0.05) is 50.2 Å². The van der Waals surface area contributed by atoms with Gasteiger partial charge in [-0.3, -0.25) is 9.97 Å². The van der Waals surface area contributed by atoms with Crippen LogP contribution >= 0.6 is 12.2 Å². The number of nitrogens with one attached hydrogen (secondary N) is 1. The number of nitrogens with zero attached hydrogens (tertiary/aromatic N) is 4. The first-order chi connectivity index (χ1) is 14.6. The molecule has 6 nitrogen and oxygen atoms in total. The van der Waals surface area contributed by atoms with Gasteiger partial charge in [-0.15, -0.1) is 0 Å². The maximum absolute atomic E-state index is 5.71. The van der Waals surface area contributed by atoms with Gasteiger partial charge in [-0.25, -0.2) is 0 Å². The smallest absolute Gasteiger partial charge is 0.170 e. The molecule has 1 saturated heterocycles. The molecule has 3 aromatic heterocycles. The summed E-state index contributed by atoms with van der Waals surface area (Å²) in [5.41, 5.74) is 5.95. The molecular weight excluding hydrogens is 394 g/mol. The number of hydrogen-bond acceptors (Lipinski definition) is 4. The standard InChI is InChI=1S/C23H27N5OS/c1-16-14-19(17(2)28(16)15-18-7-10-24-11-8-18)22-21(20-6-4-5-9-25-20)26-23(30)27(22)12-13-29-3/h4-11,14,21-22H,12-13,15H2,1-3H3,(H,26,30)/t21-,22-/m1/s1. The highest BCUT2D eigenvalue weighted by Gasteiger charge is 2.41. The van der Waals surface area contributed by atoms with Crippen molar-refractivity contribution >= 4 is 17.3 Å². The molecule has 4 heterocycles. The zero-order valence-corrected chi connectivity index (χ0v) is 18.4. The normalized spacial score (nSPS) is 18.6. The Morgan fingerprint density at radius 3 is 2.63 bits per heavy atom. The van der Waals surface area contributed by atoms with E-state index in [2.05, 4.69) is 62.9 Å². The van der Waals surface area contributed by atoms with Crippen LogP contribution in [0, 0.1) is 13.8 Å². The summed E-state index contributed by atoms with van der Waals surface area (Å²) in [5.74, 6) is 0. The summed E-state index contributed by atoms with van der Waals surface area (Å²) in [7, 11) is 1.72. The maximum Gasteiger partial charge on any atom is 0.170 e. The number of aryl methyl sites for hydroxylation is 1. The molecule has 156 valence electrons. The fourth-order valence-electron chi connectivity index (χ4n) is 4.22. The Kier molecular flexibility index (Phi) is 6.11. The van der Waals surface area contributed by atoms with Crippen molar-refractivity contribution in [1.29, 1.82) is 0 Å². The third kappa shape index (κ3) is 3.95. The van der Waals surface area contributed by atoms with Crippen molar-refractivity contribution in [3.8, 4) is 0 Å². The molecule has 0 saturated carbocycles. The minimum Gasteiger partial charge on any atom is -0.383 e. The van der Waals surface area contributed by atoms with Crippen LogP contribution in [-0.2, 0) is 11.3 Å². The van der Waals surface area contributed by atoms with Crippen molar-refractivity contribution in [1.82, 2.24) is 24.8 Å². The molecule has 0 radical (unpaired) electrons. The fourth-order valence-corrected chi connectivity index (χ4v) is 4.55. The van der Waals surface area contributed by atoms with Crippen LogP contribution in [0.4, 0.5) is 0 Å². The largest absolute Gasteiger partial charge is 0.383 e. The summed E-state index contributed by atoms with van der Waals surface area (Å²) in [5, 5.41) is 4.25. The van der Waals surface area contributed by atoms with Crippen molar-refractivity contribution in [2.45, 2.75) is 32.5 Å². The predicted octanol–water partition coefficient (Wildman–Crippen LogP) is 3.56. The molecule has 0 aromatic carbocycles. The minimum atomic E-state index is -0.00886. The lowest BCUT2D eigenvalue weighted by molar-refractivity contribution is 0.164. The van der Waals surface area contributed by atoms with Crippen LogP contribution in [0.5, 0.6) is 0 Å². The van der Waals surface area contributed by atoms with Gasteiger partial charge in [0.15, 0.2) is 5.11 Å². The molecule has 2 atom stereocenters. The summed E-state index contributed by atoms with van der Waals surface area (Å²) in [6.07, 6.45) is 5.52. The van der Waals surface area contributed by atoms with Gasteiger partial charge in [-0.2, -0.15) is 0 Å². The van der Waals surface area contributed by atoms with E-state index in [0.29, 0.717) is 6.61 Å². The molecule has 1 N–H and O–H groups in total. The number of rotatable bonds is 7. The van der Waals surface area contributed by atoms with Gasteiger partial charge >= 0.3 is 0 Å². The van der Waals surface area contributed by atoms with Gasteiger partial charge in [-0.05, 0) is 67.5 Å². The molecular formula is C23H27N5OS. The second-order valence-corrected chi connectivity index (χ2v) is 7.97. The van der Waals surface area contributed by atoms with E-state index in [0.717, 1.165) is 23.9 Å². The topological polar surface area (TPSA) is 55.2 Å². The number of ether oxygens (including phenoxy) is 1. The van der Waals surface area contributed by atoms with Crippen molar-refractivity contribution in [2.24, 2.45) is 0 Å². The lowest BCUT2D eigenvalue weighted by atomic mass is 9.97. The van der Waals surface area contributed by atoms with Gasteiger partial charge in [0.05, 0.1) is 24.4 Å². The Bertz CT molecular complexity index is 1010. The van der Waals surface area contributed by atoms with Crippen LogP contribution in [0.15, 0.2) is 55.0 Å². The van der Waals surface area contributed by atoms with Crippen molar-refractivity contribution in [3.63, 3.8) is 0 Å². The predicted molar refractivity (Wildman–Crippen MR) is 121 cm³/mol. The number of methoxy groups -OCH3 is 1. The van der Waals surface area contributed by atoms with Crippen LogP contribution in [0.2, 0.25) is 0 Å². The van der Waals surface area contributed by atoms with Crippen LogP contribution < -0.4 is 5.32 Å². The number of aromatic nitrogens is 3. The van der Waals surface area contributed by atoms with Gasteiger partial charge in [0.1, 0.15) is 0 Å². The molecule has 7 heteroatoms. The van der Waals surface area contributed by atoms with Crippen LogP contribution in [0.1, 0.15) is 40.3 Å². The molecule has 0 aliphatic carbocycles. The van der Waals surface area contributed by atoms with E-state index in [4.69, 9.17) is 17.0 Å². The second-order valence-electron chi connectivity index (χ2n) is 7.58. The number of pyridine rings is 2. The SMILES string of the molecule is COCCN1C(=S)N[C@H](c2ccccn2)[C@H]1c1cc(C)n(Cc2ccncc2)c1C. The molecule has 1 fully saturated rings. The lowest BCUT2D eigenvalue weighted by Gasteiger charge is -2.28. The molecule has 1 aliphatic rings. The van der Waals surface area contributed by atoms with E-state index >= 15 is 0 Å². The number of thiocarbonyl (C=S) groups is 1. The highest BCUT2D eigenvalue weighted by atomic mass is 32.1. The third-order valence-electron chi connectivity index (χ3n) is 5.76. The molecule has 0 amide bonds. The quantitative estimate of drug-likeness (QED) is 0.589. The fraction of sp³-hybridized carbons (Fsp3) is 0.348. The lowest BCUT2D eigenvalue weighted by Crippen LogP contribution is -2.32. The summed E-state index contributed by atoms with van der Waals surface area (Å²) >= 11 is 5.71. The van der Waals surface area contributed by atoms with E-state index in [-0.39, 0.29) is 12.1 Å². The second kappa shape index (κ2) is 8.93. The minimum absolute atomic E-state index is 0.00886. The van der Waals surface area contributed by atoms with E-state index in [1.54, 1.807) is 7.11 Å². The van der Waals surface area contributed by atoms with E-state index in [1.165, 1.54) is 22.5 Å². The average Bonchev–Trinajstić information content (AvgIpc) is 3.24. The Hall–Kier alpha value is -2.77. The first-order valence-corrected chi connectivity index (χ1v) is 10.5. The summed E-state index contributed by atoms with van der Waals surface area (Å²) in [6.45, 7) is 6.51. The number of hydrogen-bond donors (Lipinski definition) is 1. The maximum atomic E-state index is 5.71. The van der Waals surface area contributed by atoms with Crippen LogP contribution in [0.3, 0.4) is 0 Å². The van der Waals surface area contributed by atoms with Crippen LogP contribution in [0.25, 0.3) is 0 Å². The van der Waals surface area contributed by atoms with Crippen molar-refractivity contribution < 1.29 is 4.74 Å². The van der Waals surface area contributed by atoms with Gasteiger partial charge in [0.2, 0.25) is 0 Å². The molecule has 0 spiro atoms. The Morgan fingerprint density at radius 2 is 1.93 bits per heavy atom. The van der Waals surface area contributed by atoms with E-state index in [9.17, 15) is 0 Å². The summed E-state index contributed by atoms with van der Waals surface area (Å²) in [4.78, 5) is 11.0. The molecule has 1 aliphatic heterocycles. The molecule has 0 unspecified atom stereocenters. The summed E-state index contributed by atoms with van der Waals surface area (Å²) in [6, 6.07) is 12.5. The molecule has 0 bridgehead atoms. The Labute approximate surface area is 182 Å². The molecule has 30 heavy (non-hydrogen) atoms. The van der Waals surface area contributed by atoms with Crippen molar-refractivity contribution in [3.05, 3.63) is 83.2 Å². The van der Waals surface area contributed by atoms with E-state index in [1.807, 2.05) is 30.7 Å². The Morgan fingerprint density at radius 1 is 1.13 bits per heavy atom. The first kappa shape index (κ1) is 20.5. The Balaban J connectivity index is 1.74. The van der Waals surface area contributed by atoms with Gasteiger partial charge < -0.3 is 19.5 Å². The van der Waals surface area contributed by atoms with Crippen molar-refractivity contribution in [2.75, 3.05) is 20.3 Å². The first-order valence-electron chi connectivity index (χ1n) is 10.1. The molecule has 3 aromatic rings. The highest BCUT2D eigenvalue weighted by Crippen LogP contribution is 2.40. The third-order valence-corrected chi connectivity index (χ3v) is 6.11. The zero-order valence-electron chi connectivity index (χ0n) is 17.6. The van der Waals surface area contributed by atoms with Gasteiger partial charge in [0.25, 0.3) is 0 Å². The van der Waals surface area contributed by atoms with Crippen LogP contribution in [-0.4, -0.2) is 44.8 Å². The monoisotopic (exact) mass is 421 g/mol. The van der Waals surface area contributed by atoms with Gasteiger partial charge in [-0.1, -0.05) is 6.07 Å². The summed E-state index contributed by atoms with van der Waals surface area (Å²) < 4.78 is 7.72. The zero-order chi connectivity index (χ0) is 21.1. The average molecular weight is 422 g/mol. The highest BCUT2D eigenvalue weighted by molar-refractivity contribution is 7.80. The van der Waals surface area contributed by atoms with E-state index < -0.39 is 0 Å².